The minimum Gasteiger partial charge on any atom is -0.300 e. The molecule has 1 aromatic rings. The van der Waals surface area contributed by atoms with Crippen molar-refractivity contribution in [1.82, 2.24) is 9.13 Å². The second-order valence-electron chi connectivity index (χ2n) is 2.87. The third kappa shape index (κ3) is 1.61. The van der Waals surface area contributed by atoms with E-state index in [0.29, 0.717) is 12.1 Å². The Hall–Kier alpha value is -1.58. The van der Waals surface area contributed by atoms with Gasteiger partial charge in [0.15, 0.2) is 0 Å². The van der Waals surface area contributed by atoms with Crippen molar-refractivity contribution in [2.75, 3.05) is 0 Å². The summed E-state index contributed by atoms with van der Waals surface area (Å²) in [5, 5.41) is 0. The van der Waals surface area contributed by atoms with E-state index in [-0.39, 0.29) is 11.2 Å². The van der Waals surface area contributed by atoms with E-state index in [4.69, 9.17) is 0 Å². The van der Waals surface area contributed by atoms with Gasteiger partial charge in [-0.15, -0.1) is 6.58 Å². The molecule has 1 heterocycles. The molecule has 0 bridgehead atoms. The van der Waals surface area contributed by atoms with Gasteiger partial charge in [0.2, 0.25) is 0 Å². The van der Waals surface area contributed by atoms with Crippen LogP contribution in [0.2, 0.25) is 0 Å². The fourth-order valence-corrected chi connectivity index (χ4v) is 1.12. The summed E-state index contributed by atoms with van der Waals surface area (Å²) in [6.45, 7) is 3.55. The maximum absolute atomic E-state index is 11.4. The molecule has 1 rings (SSSR count). The topological polar surface area (TPSA) is 44.0 Å². The summed E-state index contributed by atoms with van der Waals surface area (Å²) < 4.78 is 2.52. The van der Waals surface area contributed by atoms with Crippen molar-refractivity contribution >= 4 is 0 Å². The predicted molar refractivity (Wildman–Crippen MR) is 50.8 cm³/mol. The fraction of sp³-hybridized carbons (Fsp3) is 0.333. The van der Waals surface area contributed by atoms with Crippen molar-refractivity contribution in [2.45, 2.75) is 6.42 Å². The maximum Gasteiger partial charge on any atom is 0.330 e. The lowest BCUT2D eigenvalue weighted by Crippen LogP contribution is -2.37. The molecule has 0 saturated heterocycles. The van der Waals surface area contributed by atoms with Gasteiger partial charge in [0, 0.05) is 32.3 Å². The molecule has 70 valence electrons. The Kier molecular flexibility index (Phi) is 2.51. The van der Waals surface area contributed by atoms with Crippen molar-refractivity contribution in [2.24, 2.45) is 14.1 Å². The second kappa shape index (κ2) is 3.43. The lowest BCUT2D eigenvalue weighted by atomic mass is 10.3. The van der Waals surface area contributed by atoms with Crippen LogP contribution < -0.4 is 11.2 Å². The molecule has 1 aromatic heterocycles. The summed E-state index contributed by atoms with van der Waals surface area (Å²) in [6.07, 6.45) is 2.19. The Balaban J connectivity index is 3.50. The average molecular weight is 180 g/mol. The zero-order valence-corrected chi connectivity index (χ0v) is 7.78. The van der Waals surface area contributed by atoms with Gasteiger partial charge in [-0.2, -0.15) is 0 Å². The van der Waals surface area contributed by atoms with Gasteiger partial charge >= 0.3 is 5.69 Å². The Morgan fingerprint density at radius 2 is 2.00 bits per heavy atom. The molecule has 0 aromatic carbocycles. The Morgan fingerprint density at radius 1 is 1.38 bits per heavy atom. The lowest BCUT2D eigenvalue weighted by molar-refractivity contribution is 0.660. The van der Waals surface area contributed by atoms with Gasteiger partial charge in [0.1, 0.15) is 0 Å². The zero-order valence-electron chi connectivity index (χ0n) is 7.78. The lowest BCUT2D eigenvalue weighted by Gasteiger charge is -2.06. The Bertz CT molecular complexity index is 440. The highest BCUT2D eigenvalue weighted by molar-refractivity contribution is 5.05. The van der Waals surface area contributed by atoms with Gasteiger partial charge in [-0.05, 0) is 0 Å². The highest BCUT2D eigenvalue weighted by Gasteiger charge is 2.03. The Labute approximate surface area is 75.7 Å². The van der Waals surface area contributed by atoms with Gasteiger partial charge in [-0.3, -0.25) is 9.36 Å². The van der Waals surface area contributed by atoms with Crippen LogP contribution in [0.25, 0.3) is 0 Å². The zero-order chi connectivity index (χ0) is 10.0. The van der Waals surface area contributed by atoms with Crippen molar-refractivity contribution in [3.05, 3.63) is 45.3 Å². The summed E-state index contributed by atoms with van der Waals surface area (Å²) in [6, 6.07) is 1.45. The first-order valence-corrected chi connectivity index (χ1v) is 3.94. The van der Waals surface area contributed by atoms with Crippen molar-refractivity contribution in [3.8, 4) is 0 Å². The van der Waals surface area contributed by atoms with Crippen LogP contribution in [0.5, 0.6) is 0 Å². The van der Waals surface area contributed by atoms with E-state index in [1.54, 1.807) is 13.1 Å². The molecule has 4 nitrogen and oxygen atoms in total. The first kappa shape index (κ1) is 9.51. The number of rotatable bonds is 2. The second-order valence-corrected chi connectivity index (χ2v) is 2.87. The highest BCUT2D eigenvalue weighted by Crippen LogP contribution is 1.91. The number of hydrogen-bond donors (Lipinski definition) is 0. The molecule has 0 atom stereocenters. The van der Waals surface area contributed by atoms with Gasteiger partial charge in [-0.1, -0.05) is 6.08 Å². The molecule has 0 spiro atoms. The summed E-state index contributed by atoms with van der Waals surface area (Å²) >= 11 is 0. The van der Waals surface area contributed by atoms with Crippen molar-refractivity contribution < 1.29 is 0 Å². The first-order valence-electron chi connectivity index (χ1n) is 3.94. The predicted octanol–water partition coefficient (Wildman–Crippen LogP) is -0.188. The smallest absolute Gasteiger partial charge is 0.300 e. The average Bonchev–Trinajstić information content (AvgIpc) is 2.11. The minimum absolute atomic E-state index is 0.278. The summed E-state index contributed by atoms with van der Waals surface area (Å²) in [4.78, 5) is 22.6. The van der Waals surface area contributed by atoms with Crippen LogP contribution in [-0.4, -0.2) is 9.13 Å². The van der Waals surface area contributed by atoms with E-state index in [0.717, 1.165) is 4.57 Å². The first-order chi connectivity index (χ1) is 6.07. The molecule has 0 aliphatic carbocycles. The molecule has 0 unspecified atom stereocenters. The normalized spacial score (nSPS) is 10.0. The highest BCUT2D eigenvalue weighted by atomic mass is 16.2. The van der Waals surface area contributed by atoms with E-state index >= 15 is 0 Å². The van der Waals surface area contributed by atoms with Gasteiger partial charge in [-0.25, -0.2) is 4.79 Å². The standard InChI is InChI=1S/C9H12N2O2/c1-4-5-7-6-8(12)11(3)9(13)10(7)2/h4,6H,1,5H2,2-3H3. The molecule has 4 heteroatoms. The summed E-state index contributed by atoms with van der Waals surface area (Å²) in [5.74, 6) is 0. The van der Waals surface area contributed by atoms with Gasteiger partial charge < -0.3 is 4.57 Å². The molecular weight excluding hydrogens is 168 g/mol. The van der Waals surface area contributed by atoms with E-state index < -0.39 is 0 Å². The van der Waals surface area contributed by atoms with Crippen molar-refractivity contribution in [1.29, 1.82) is 0 Å². The van der Waals surface area contributed by atoms with Crippen LogP contribution >= 0.6 is 0 Å². The van der Waals surface area contributed by atoms with E-state index in [2.05, 4.69) is 6.58 Å². The summed E-state index contributed by atoms with van der Waals surface area (Å²) in [7, 11) is 3.10. The van der Waals surface area contributed by atoms with Crippen LogP contribution in [0.15, 0.2) is 28.3 Å². The molecule has 0 N–H and O–H groups in total. The number of allylic oxidation sites excluding steroid dienone is 1. The number of aromatic nitrogens is 2. The van der Waals surface area contributed by atoms with Crippen LogP contribution in [0, 0.1) is 0 Å². The molecule has 0 fully saturated rings. The van der Waals surface area contributed by atoms with E-state index in [1.807, 2.05) is 0 Å². The third-order valence-electron chi connectivity index (χ3n) is 1.98. The van der Waals surface area contributed by atoms with E-state index in [1.165, 1.54) is 17.7 Å². The largest absolute Gasteiger partial charge is 0.330 e. The molecule has 0 aliphatic heterocycles. The minimum atomic E-state index is -0.302. The van der Waals surface area contributed by atoms with Crippen molar-refractivity contribution in [3.63, 3.8) is 0 Å². The monoisotopic (exact) mass is 180 g/mol. The molecule has 0 aliphatic rings. The molecule has 0 amide bonds. The SMILES string of the molecule is C=CCc1cc(=O)n(C)c(=O)n1C. The quantitative estimate of drug-likeness (QED) is 0.592. The maximum atomic E-state index is 11.4. The van der Waals surface area contributed by atoms with Crippen LogP contribution in [0.3, 0.4) is 0 Å². The molecule has 13 heavy (non-hydrogen) atoms. The van der Waals surface area contributed by atoms with E-state index in [9.17, 15) is 9.59 Å². The number of nitrogens with zero attached hydrogens (tertiary/aromatic N) is 2. The fourth-order valence-electron chi connectivity index (χ4n) is 1.12. The third-order valence-corrected chi connectivity index (χ3v) is 1.98. The van der Waals surface area contributed by atoms with Gasteiger partial charge in [0.05, 0.1) is 0 Å². The van der Waals surface area contributed by atoms with Crippen LogP contribution in [0.4, 0.5) is 0 Å². The van der Waals surface area contributed by atoms with Gasteiger partial charge in [0.25, 0.3) is 5.56 Å². The molecule has 0 radical (unpaired) electrons. The van der Waals surface area contributed by atoms with Crippen LogP contribution in [-0.2, 0) is 20.5 Å². The Morgan fingerprint density at radius 3 is 2.54 bits per heavy atom. The molecule has 0 saturated carbocycles. The van der Waals surface area contributed by atoms with Crippen LogP contribution in [0.1, 0.15) is 5.69 Å². The summed E-state index contributed by atoms with van der Waals surface area (Å²) in [5.41, 5.74) is 0.104. The number of hydrogen-bond acceptors (Lipinski definition) is 2. The molecular formula is C9H12N2O2.